The van der Waals surface area contributed by atoms with Crippen LogP contribution in [0.1, 0.15) is 24.1 Å². The Labute approximate surface area is 169 Å². The first kappa shape index (κ1) is 17.6. The summed E-state index contributed by atoms with van der Waals surface area (Å²) in [4.78, 5) is 19.3. The number of nitrogens with zero attached hydrogens (tertiary/aromatic N) is 3. The van der Waals surface area contributed by atoms with Gasteiger partial charge in [0.05, 0.1) is 17.1 Å². The number of nitrogens with one attached hydrogen (secondary N) is 2. The second kappa shape index (κ2) is 6.86. The predicted octanol–water partition coefficient (Wildman–Crippen LogP) is 4.69. The number of amides is 2. The van der Waals surface area contributed by atoms with Crippen LogP contribution in [0.3, 0.4) is 0 Å². The molecule has 2 N–H and O–H groups in total. The van der Waals surface area contributed by atoms with Gasteiger partial charge in [0.25, 0.3) is 0 Å². The quantitative estimate of drug-likeness (QED) is 0.649. The molecule has 0 radical (unpaired) electrons. The molecule has 9 heteroatoms. The summed E-state index contributed by atoms with van der Waals surface area (Å²) in [7, 11) is 0. The number of anilines is 1. The van der Waals surface area contributed by atoms with E-state index in [9.17, 15) is 9.18 Å². The molecular formula is C19H17ClFN5OS. The van der Waals surface area contributed by atoms with Crippen LogP contribution in [0.25, 0.3) is 11.4 Å². The van der Waals surface area contributed by atoms with Crippen molar-refractivity contribution >= 4 is 34.7 Å². The van der Waals surface area contributed by atoms with E-state index in [-0.39, 0.29) is 17.1 Å². The molecule has 0 spiro atoms. The van der Waals surface area contributed by atoms with Gasteiger partial charge in [0, 0.05) is 34.8 Å². The fourth-order valence-electron chi connectivity index (χ4n) is 3.78. The number of rotatable bonds is 3. The maximum Gasteiger partial charge on any atom is 0.322 e. The lowest BCUT2D eigenvalue weighted by molar-refractivity contribution is 0.165. The monoisotopic (exact) mass is 417 g/mol. The molecule has 0 bridgehead atoms. The Morgan fingerprint density at radius 1 is 1.39 bits per heavy atom. The molecule has 6 nitrogen and oxygen atoms in total. The number of thiazole rings is 1. The van der Waals surface area contributed by atoms with Crippen molar-refractivity contribution in [2.75, 3.05) is 5.32 Å². The molecule has 3 heterocycles. The standard InChI is InChI=1S/C19H17ClFN5OS/c20-13-5-11(3-4-14(13)21)23-19(27)26-7-12-15(6-17(26)10-1-2-10)24-25-18(12)16-8-28-9-22-16/h3-5,8-10,17H,1-2,6-7H2,(H,23,27)(H,24,25). The van der Waals surface area contributed by atoms with Crippen LogP contribution in [0.4, 0.5) is 14.9 Å². The molecule has 2 aliphatic rings. The Kier molecular flexibility index (Phi) is 4.32. The summed E-state index contributed by atoms with van der Waals surface area (Å²) in [5.74, 6) is -0.00818. The molecule has 1 aliphatic carbocycles. The van der Waals surface area contributed by atoms with Crippen molar-refractivity contribution in [2.24, 2.45) is 5.92 Å². The molecule has 28 heavy (non-hydrogen) atoms. The smallest absolute Gasteiger partial charge is 0.316 e. The number of urea groups is 1. The lowest BCUT2D eigenvalue weighted by atomic mass is 9.95. The molecule has 0 saturated heterocycles. The molecule has 1 aromatic carbocycles. The van der Waals surface area contributed by atoms with Gasteiger partial charge >= 0.3 is 6.03 Å². The Balaban J connectivity index is 1.43. The van der Waals surface area contributed by atoms with Crippen LogP contribution < -0.4 is 5.32 Å². The number of benzene rings is 1. The SMILES string of the molecule is O=C(Nc1ccc(F)c(Cl)c1)N1Cc2c(-c3cscn3)n[nH]c2CC1C1CC1. The Bertz CT molecular complexity index is 1030. The van der Waals surface area contributed by atoms with Gasteiger partial charge in [-0.2, -0.15) is 5.10 Å². The average molecular weight is 418 g/mol. The van der Waals surface area contributed by atoms with E-state index in [0.717, 1.165) is 41.9 Å². The molecule has 2 aromatic heterocycles. The van der Waals surface area contributed by atoms with Crippen molar-refractivity contribution < 1.29 is 9.18 Å². The van der Waals surface area contributed by atoms with Gasteiger partial charge < -0.3 is 10.2 Å². The van der Waals surface area contributed by atoms with E-state index in [1.54, 1.807) is 5.51 Å². The van der Waals surface area contributed by atoms with E-state index >= 15 is 0 Å². The number of carbonyl (C=O) groups excluding carboxylic acids is 1. The maximum absolute atomic E-state index is 13.4. The summed E-state index contributed by atoms with van der Waals surface area (Å²) < 4.78 is 13.4. The van der Waals surface area contributed by atoms with E-state index in [1.165, 1.54) is 29.5 Å². The van der Waals surface area contributed by atoms with Crippen LogP contribution in [-0.2, 0) is 13.0 Å². The number of aromatic nitrogens is 3. The lowest BCUT2D eigenvalue weighted by Gasteiger charge is -2.36. The molecular weight excluding hydrogens is 401 g/mol. The minimum atomic E-state index is -0.510. The summed E-state index contributed by atoms with van der Waals surface area (Å²) in [6, 6.07) is 4.09. The molecule has 144 valence electrons. The highest BCUT2D eigenvalue weighted by molar-refractivity contribution is 7.07. The third-order valence-corrected chi connectivity index (χ3v) is 6.24. The maximum atomic E-state index is 13.4. The molecule has 1 unspecified atom stereocenters. The van der Waals surface area contributed by atoms with Crippen LogP contribution in [0, 0.1) is 11.7 Å². The normalized spacial score (nSPS) is 18.8. The number of fused-ring (bicyclic) bond motifs is 1. The zero-order chi connectivity index (χ0) is 19.3. The molecule has 2 amide bonds. The van der Waals surface area contributed by atoms with Crippen molar-refractivity contribution in [3.8, 4) is 11.4 Å². The topological polar surface area (TPSA) is 73.9 Å². The summed E-state index contributed by atoms with van der Waals surface area (Å²) in [5.41, 5.74) is 5.95. The van der Waals surface area contributed by atoms with Crippen molar-refractivity contribution in [3.05, 3.63) is 51.2 Å². The van der Waals surface area contributed by atoms with Crippen molar-refractivity contribution in [2.45, 2.75) is 31.8 Å². The van der Waals surface area contributed by atoms with E-state index in [2.05, 4.69) is 20.5 Å². The van der Waals surface area contributed by atoms with Crippen LogP contribution in [-0.4, -0.2) is 32.2 Å². The Morgan fingerprint density at radius 2 is 2.25 bits per heavy atom. The first-order valence-corrected chi connectivity index (χ1v) is 10.4. The molecule has 1 aliphatic heterocycles. The number of halogens is 2. The van der Waals surface area contributed by atoms with Gasteiger partial charge in [-0.25, -0.2) is 14.2 Å². The Morgan fingerprint density at radius 3 is 2.96 bits per heavy atom. The minimum Gasteiger partial charge on any atom is -0.316 e. The number of hydrogen-bond donors (Lipinski definition) is 2. The average Bonchev–Trinajstić information content (AvgIpc) is 3.22. The fourth-order valence-corrected chi connectivity index (χ4v) is 4.50. The van der Waals surface area contributed by atoms with Crippen LogP contribution in [0.5, 0.6) is 0 Å². The zero-order valence-electron chi connectivity index (χ0n) is 14.8. The number of carbonyl (C=O) groups is 1. The minimum absolute atomic E-state index is 0.0156. The van der Waals surface area contributed by atoms with Crippen molar-refractivity contribution in [3.63, 3.8) is 0 Å². The molecule has 1 atom stereocenters. The fraction of sp³-hybridized carbons (Fsp3) is 0.316. The summed E-state index contributed by atoms with van der Waals surface area (Å²) >= 11 is 7.36. The predicted molar refractivity (Wildman–Crippen MR) is 106 cm³/mol. The summed E-state index contributed by atoms with van der Waals surface area (Å²) in [5, 5.41) is 12.4. The van der Waals surface area contributed by atoms with Crippen LogP contribution >= 0.6 is 22.9 Å². The number of aromatic amines is 1. The highest BCUT2D eigenvalue weighted by Gasteiger charge is 2.42. The second-order valence-electron chi connectivity index (χ2n) is 7.20. The Hall–Kier alpha value is -2.45. The molecule has 1 saturated carbocycles. The summed E-state index contributed by atoms with van der Waals surface area (Å²) in [6.45, 7) is 0.459. The summed E-state index contributed by atoms with van der Waals surface area (Å²) in [6.07, 6.45) is 2.99. The van der Waals surface area contributed by atoms with E-state index in [0.29, 0.717) is 18.2 Å². The van der Waals surface area contributed by atoms with Gasteiger partial charge in [0.1, 0.15) is 17.2 Å². The highest BCUT2D eigenvalue weighted by atomic mass is 35.5. The van der Waals surface area contributed by atoms with Crippen molar-refractivity contribution in [1.29, 1.82) is 0 Å². The number of hydrogen-bond acceptors (Lipinski definition) is 4. The van der Waals surface area contributed by atoms with E-state index < -0.39 is 5.82 Å². The van der Waals surface area contributed by atoms with Gasteiger partial charge in [-0.05, 0) is 37.0 Å². The van der Waals surface area contributed by atoms with Gasteiger partial charge in [0.15, 0.2) is 0 Å². The van der Waals surface area contributed by atoms with E-state index in [1.807, 2.05) is 10.3 Å². The number of H-pyrrole nitrogens is 1. The molecule has 1 fully saturated rings. The molecule has 3 aromatic rings. The third kappa shape index (κ3) is 3.16. The first-order valence-electron chi connectivity index (χ1n) is 9.07. The van der Waals surface area contributed by atoms with Gasteiger partial charge in [-0.3, -0.25) is 5.10 Å². The lowest BCUT2D eigenvalue weighted by Crippen LogP contribution is -2.47. The van der Waals surface area contributed by atoms with Gasteiger partial charge in [-0.1, -0.05) is 11.6 Å². The molecule has 5 rings (SSSR count). The van der Waals surface area contributed by atoms with Crippen LogP contribution in [0.15, 0.2) is 29.1 Å². The zero-order valence-corrected chi connectivity index (χ0v) is 16.4. The highest BCUT2D eigenvalue weighted by Crippen LogP contribution is 2.41. The van der Waals surface area contributed by atoms with E-state index in [4.69, 9.17) is 11.6 Å². The largest absolute Gasteiger partial charge is 0.322 e. The van der Waals surface area contributed by atoms with Crippen LogP contribution in [0.2, 0.25) is 5.02 Å². The van der Waals surface area contributed by atoms with Gasteiger partial charge in [-0.15, -0.1) is 11.3 Å². The van der Waals surface area contributed by atoms with Gasteiger partial charge in [0.2, 0.25) is 0 Å². The third-order valence-electron chi connectivity index (χ3n) is 5.37. The second-order valence-corrected chi connectivity index (χ2v) is 8.32. The van der Waals surface area contributed by atoms with Crippen molar-refractivity contribution in [1.82, 2.24) is 20.1 Å². The first-order chi connectivity index (χ1) is 13.6.